The minimum atomic E-state index is -0.231. The fourth-order valence-corrected chi connectivity index (χ4v) is 1.81. The molecule has 14 heavy (non-hydrogen) atoms. The van der Waals surface area contributed by atoms with Crippen molar-refractivity contribution in [1.29, 1.82) is 0 Å². The van der Waals surface area contributed by atoms with E-state index in [1.165, 1.54) is 13.1 Å². The van der Waals surface area contributed by atoms with Crippen LogP contribution >= 0.6 is 0 Å². The normalized spacial score (nSPS) is 19.4. The Bertz CT molecular complexity index is 496. The average molecular weight is 192 g/mol. The van der Waals surface area contributed by atoms with Crippen LogP contribution in [0.4, 0.5) is 0 Å². The molecule has 0 radical (unpaired) electrons. The first kappa shape index (κ1) is 8.99. The molecule has 1 aliphatic heterocycles. The monoisotopic (exact) mass is 192 g/mol. The molecule has 0 saturated carbocycles. The highest BCUT2D eigenvalue weighted by Crippen LogP contribution is 2.17. The zero-order valence-electron chi connectivity index (χ0n) is 8.06. The summed E-state index contributed by atoms with van der Waals surface area (Å²) < 4.78 is 2.78. The molecule has 74 valence electrons. The summed E-state index contributed by atoms with van der Waals surface area (Å²) in [5, 5.41) is 0. The van der Waals surface area contributed by atoms with E-state index in [0.717, 1.165) is 16.7 Å². The van der Waals surface area contributed by atoms with Gasteiger partial charge in [-0.15, -0.1) is 6.58 Å². The maximum Gasteiger partial charge on any atom is 0.330 e. The van der Waals surface area contributed by atoms with Crippen molar-refractivity contribution in [2.24, 2.45) is 13.0 Å². The molecule has 0 N–H and O–H groups in total. The quantitative estimate of drug-likeness (QED) is 0.583. The molecule has 0 amide bonds. The minimum Gasteiger partial charge on any atom is -0.297 e. The van der Waals surface area contributed by atoms with Gasteiger partial charge in [-0.2, -0.15) is 0 Å². The SMILES string of the molecule is C=C[C@@H]1Cc2cc(=O)n(C)c(=O)n2C1. The van der Waals surface area contributed by atoms with Crippen LogP contribution in [0.25, 0.3) is 0 Å². The van der Waals surface area contributed by atoms with Gasteiger partial charge in [0, 0.05) is 31.3 Å². The maximum atomic E-state index is 11.6. The predicted molar refractivity (Wildman–Crippen MR) is 53.3 cm³/mol. The molecule has 0 bridgehead atoms. The smallest absolute Gasteiger partial charge is 0.297 e. The summed E-state index contributed by atoms with van der Waals surface area (Å²) >= 11 is 0. The van der Waals surface area contributed by atoms with E-state index >= 15 is 0 Å². The van der Waals surface area contributed by atoms with Crippen molar-refractivity contribution in [2.45, 2.75) is 13.0 Å². The van der Waals surface area contributed by atoms with E-state index in [-0.39, 0.29) is 17.2 Å². The molecule has 0 unspecified atom stereocenters. The zero-order chi connectivity index (χ0) is 10.3. The molecule has 0 spiro atoms. The summed E-state index contributed by atoms with van der Waals surface area (Å²) in [4.78, 5) is 23.0. The third-order valence-corrected chi connectivity index (χ3v) is 2.71. The third kappa shape index (κ3) is 1.14. The van der Waals surface area contributed by atoms with Gasteiger partial charge in [-0.25, -0.2) is 4.79 Å². The topological polar surface area (TPSA) is 44.0 Å². The molecule has 4 heteroatoms. The van der Waals surface area contributed by atoms with Crippen molar-refractivity contribution < 1.29 is 0 Å². The highest BCUT2D eigenvalue weighted by molar-refractivity contribution is 5.10. The second-order valence-corrected chi connectivity index (χ2v) is 3.63. The van der Waals surface area contributed by atoms with Gasteiger partial charge in [-0.3, -0.25) is 13.9 Å². The Morgan fingerprint density at radius 1 is 1.57 bits per heavy atom. The van der Waals surface area contributed by atoms with Crippen molar-refractivity contribution in [3.8, 4) is 0 Å². The molecular formula is C10H12N2O2. The average Bonchev–Trinajstić information content (AvgIpc) is 2.57. The summed E-state index contributed by atoms with van der Waals surface area (Å²) in [5.41, 5.74) is 0.366. The van der Waals surface area contributed by atoms with Gasteiger partial charge in [-0.05, 0) is 6.42 Å². The number of allylic oxidation sites excluding steroid dienone is 1. The fourth-order valence-electron chi connectivity index (χ4n) is 1.81. The van der Waals surface area contributed by atoms with E-state index < -0.39 is 0 Å². The third-order valence-electron chi connectivity index (χ3n) is 2.71. The first-order valence-corrected chi connectivity index (χ1v) is 4.56. The van der Waals surface area contributed by atoms with Crippen LogP contribution in [0.15, 0.2) is 28.3 Å². The summed E-state index contributed by atoms with van der Waals surface area (Å²) in [6.07, 6.45) is 2.58. The number of aromatic nitrogens is 2. The molecule has 1 aromatic heterocycles. The molecule has 2 rings (SSSR count). The Morgan fingerprint density at radius 2 is 2.29 bits per heavy atom. The van der Waals surface area contributed by atoms with E-state index in [4.69, 9.17) is 0 Å². The lowest BCUT2D eigenvalue weighted by molar-refractivity contribution is 0.578. The summed E-state index contributed by atoms with van der Waals surface area (Å²) in [5.74, 6) is 0.282. The van der Waals surface area contributed by atoms with Crippen LogP contribution < -0.4 is 11.2 Å². The first-order valence-electron chi connectivity index (χ1n) is 4.56. The number of fused-ring (bicyclic) bond motifs is 1. The number of nitrogens with zero attached hydrogens (tertiary/aromatic N) is 2. The Kier molecular flexibility index (Phi) is 1.91. The number of rotatable bonds is 1. The highest BCUT2D eigenvalue weighted by Gasteiger charge is 2.21. The van der Waals surface area contributed by atoms with Crippen molar-refractivity contribution in [3.63, 3.8) is 0 Å². The number of hydrogen-bond donors (Lipinski definition) is 0. The van der Waals surface area contributed by atoms with Gasteiger partial charge in [0.1, 0.15) is 0 Å². The van der Waals surface area contributed by atoms with E-state index in [0.29, 0.717) is 6.54 Å². The molecule has 0 fully saturated rings. The molecule has 0 aliphatic carbocycles. The van der Waals surface area contributed by atoms with Crippen LogP contribution in [0.3, 0.4) is 0 Å². The molecular weight excluding hydrogens is 180 g/mol. The lowest BCUT2D eigenvalue weighted by Gasteiger charge is -2.03. The second kappa shape index (κ2) is 2.97. The Labute approximate surface area is 81.1 Å². The summed E-state index contributed by atoms with van der Waals surface area (Å²) in [6, 6.07) is 1.53. The van der Waals surface area contributed by atoms with E-state index in [1.807, 2.05) is 6.08 Å². The van der Waals surface area contributed by atoms with Crippen LogP contribution in [0.2, 0.25) is 0 Å². The molecule has 2 heterocycles. The zero-order valence-corrected chi connectivity index (χ0v) is 8.06. The van der Waals surface area contributed by atoms with Gasteiger partial charge in [0.05, 0.1) is 0 Å². The van der Waals surface area contributed by atoms with Crippen molar-refractivity contribution >= 4 is 0 Å². The predicted octanol–water partition coefficient (Wildman–Crippen LogP) is -0.0947. The minimum absolute atomic E-state index is 0.225. The Balaban J connectivity index is 2.64. The van der Waals surface area contributed by atoms with Crippen molar-refractivity contribution in [3.05, 3.63) is 45.3 Å². The van der Waals surface area contributed by atoms with E-state index in [2.05, 4.69) is 6.58 Å². The standard InChI is InChI=1S/C10H12N2O2/c1-3-7-4-8-5-9(13)11(2)10(14)12(8)6-7/h3,5,7H,1,4,6H2,2H3/t7-/m1/s1. The van der Waals surface area contributed by atoms with Gasteiger partial charge in [-0.1, -0.05) is 6.08 Å². The largest absolute Gasteiger partial charge is 0.330 e. The molecule has 0 saturated heterocycles. The number of hydrogen-bond acceptors (Lipinski definition) is 2. The van der Waals surface area contributed by atoms with Gasteiger partial charge in [0.15, 0.2) is 0 Å². The molecule has 0 aromatic carbocycles. The Morgan fingerprint density at radius 3 is 2.93 bits per heavy atom. The lowest BCUT2D eigenvalue weighted by Crippen LogP contribution is -2.37. The van der Waals surface area contributed by atoms with Crippen molar-refractivity contribution in [2.75, 3.05) is 0 Å². The van der Waals surface area contributed by atoms with Crippen LogP contribution in [0, 0.1) is 5.92 Å². The molecule has 4 nitrogen and oxygen atoms in total. The summed E-state index contributed by atoms with van der Waals surface area (Å²) in [6.45, 7) is 4.34. The van der Waals surface area contributed by atoms with E-state index in [1.54, 1.807) is 4.57 Å². The molecule has 1 atom stereocenters. The fraction of sp³-hybridized carbons (Fsp3) is 0.400. The van der Waals surface area contributed by atoms with Crippen molar-refractivity contribution in [1.82, 2.24) is 9.13 Å². The van der Waals surface area contributed by atoms with Gasteiger partial charge in [0.2, 0.25) is 0 Å². The van der Waals surface area contributed by atoms with Crippen LogP contribution in [0.1, 0.15) is 5.69 Å². The van der Waals surface area contributed by atoms with Crippen LogP contribution in [-0.2, 0) is 20.0 Å². The summed E-state index contributed by atoms with van der Waals surface area (Å²) in [7, 11) is 1.50. The molecule has 1 aromatic rings. The van der Waals surface area contributed by atoms with Crippen LogP contribution in [-0.4, -0.2) is 9.13 Å². The highest BCUT2D eigenvalue weighted by atomic mass is 16.2. The van der Waals surface area contributed by atoms with Gasteiger partial charge < -0.3 is 0 Å². The van der Waals surface area contributed by atoms with E-state index in [9.17, 15) is 9.59 Å². The van der Waals surface area contributed by atoms with Crippen LogP contribution in [0.5, 0.6) is 0 Å². The second-order valence-electron chi connectivity index (χ2n) is 3.63. The Hall–Kier alpha value is -1.58. The first-order chi connectivity index (χ1) is 6.63. The van der Waals surface area contributed by atoms with Gasteiger partial charge >= 0.3 is 5.69 Å². The van der Waals surface area contributed by atoms with Gasteiger partial charge in [0.25, 0.3) is 5.56 Å². The lowest BCUT2D eigenvalue weighted by atomic mass is 10.1. The maximum absolute atomic E-state index is 11.6. The molecule has 1 aliphatic rings.